The molecule has 2 saturated heterocycles. The highest BCUT2D eigenvalue weighted by Crippen LogP contribution is 2.38. The third-order valence-electron chi connectivity index (χ3n) is 6.58. The van der Waals surface area contributed by atoms with Gasteiger partial charge in [-0.05, 0) is 66.9 Å². The number of benzene rings is 1. The first-order valence-corrected chi connectivity index (χ1v) is 13.0. The number of anilines is 2. The maximum Gasteiger partial charge on any atom is 0.274 e. The number of aromatic nitrogens is 3. The lowest BCUT2D eigenvalue weighted by Crippen LogP contribution is -2.38. The number of thiazole rings is 1. The SMILES string of the molecule is O=C(Nc1nc([C@H]2CCCN2c2ccc(OC3COC3)cc2)cs1)c1cccn1Cc1ccncc1. The minimum atomic E-state index is -0.161. The molecule has 4 aromatic rings. The first-order chi connectivity index (χ1) is 17.7. The third-order valence-corrected chi connectivity index (χ3v) is 7.36. The fraction of sp³-hybridized carbons (Fsp3) is 0.296. The average Bonchev–Trinajstić information content (AvgIpc) is 3.63. The highest BCUT2D eigenvalue weighted by atomic mass is 32.1. The van der Waals surface area contributed by atoms with E-state index in [2.05, 4.69) is 32.7 Å². The molecule has 3 aromatic heterocycles. The number of pyridine rings is 1. The Morgan fingerprint density at radius 2 is 1.97 bits per heavy atom. The van der Waals surface area contributed by atoms with Crippen LogP contribution in [0, 0.1) is 0 Å². The smallest absolute Gasteiger partial charge is 0.274 e. The van der Waals surface area contributed by atoms with Crippen molar-refractivity contribution in [2.24, 2.45) is 0 Å². The number of carbonyl (C=O) groups excluding carboxylic acids is 1. The molecule has 1 aromatic carbocycles. The molecular formula is C27H27N5O3S. The van der Waals surface area contributed by atoms with Gasteiger partial charge in [0.2, 0.25) is 0 Å². The van der Waals surface area contributed by atoms with Gasteiger partial charge in [0.05, 0.1) is 24.9 Å². The summed E-state index contributed by atoms with van der Waals surface area (Å²) >= 11 is 1.47. The summed E-state index contributed by atoms with van der Waals surface area (Å²) in [6.07, 6.45) is 7.73. The fourth-order valence-corrected chi connectivity index (χ4v) is 5.43. The topological polar surface area (TPSA) is 81.5 Å². The summed E-state index contributed by atoms with van der Waals surface area (Å²) in [6, 6.07) is 16.1. The lowest BCUT2D eigenvalue weighted by atomic mass is 10.1. The summed E-state index contributed by atoms with van der Waals surface area (Å²) < 4.78 is 13.0. The molecular weight excluding hydrogens is 474 g/mol. The van der Waals surface area contributed by atoms with Crippen LogP contribution in [0.25, 0.3) is 0 Å². The van der Waals surface area contributed by atoms with E-state index in [1.807, 2.05) is 47.2 Å². The van der Waals surface area contributed by atoms with Gasteiger partial charge in [0, 0.05) is 42.7 Å². The number of amides is 1. The number of hydrogen-bond donors (Lipinski definition) is 1. The average molecular weight is 502 g/mol. The summed E-state index contributed by atoms with van der Waals surface area (Å²) in [5.74, 6) is 0.709. The Bertz CT molecular complexity index is 1320. The molecule has 1 atom stereocenters. The van der Waals surface area contributed by atoms with Crippen LogP contribution in [0.3, 0.4) is 0 Å². The van der Waals surface area contributed by atoms with E-state index in [0.717, 1.165) is 42.1 Å². The third kappa shape index (κ3) is 4.84. The number of nitrogens with one attached hydrogen (secondary N) is 1. The standard InChI is InChI=1S/C27H27N5O3S/c33-26(25-4-1-13-31(25)15-19-9-11-28-12-10-19)30-27-29-23(18-36-27)24-3-2-14-32(24)20-5-7-21(8-6-20)35-22-16-34-17-22/h1,4-13,18,22,24H,2-3,14-17H2,(H,29,30,33)/t24-/m1/s1. The second-order valence-electron chi connectivity index (χ2n) is 9.03. The molecule has 0 aliphatic carbocycles. The second-order valence-corrected chi connectivity index (χ2v) is 9.89. The van der Waals surface area contributed by atoms with Crippen molar-refractivity contribution in [3.63, 3.8) is 0 Å². The molecule has 1 amide bonds. The van der Waals surface area contributed by atoms with Gasteiger partial charge in [0.25, 0.3) is 5.91 Å². The summed E-state index contributed by atoms with van der Waals surface area (Å²) in [5, 5.41) is 5.67. The van der Waals surface area contributed by atoms with Crippen molar-refractivity contribution in [1.29, 1.82) is 0 Å². The number of nitrogens with zero attached hydrogens (tertiary/aromatic N) is 4. The lowest BCUT2D eigenvalue weighted by Gasteiger charge is -2.28. The molecule has 0 saturated carbocycles. The Morgan fingerprint density at radius 3 is 2.75 bits per heavy atom. The first kappa shape index (κ1) is 22.8. The minimum Gasteiger partial charge on any atom is -0.486 e. The van der Waals surface area contributed by atoms with Crippen LogP contribution >= 0.6 is 11.3 Å². The number of ether oxygens (including phenoxy) is 2. The zero-order chi connectivity index (χ0) is 24.3. The normalized spacial score (nSPS) is 17.7. The molecule has 2 aliphatic heterocycles. The van der Waals surface area contributed by atoms with Crippen LogP contribution in [0.1, 0.15) is 40.6 Å². The molecule has 0 bridgehead atoms. The summed E-state index contributed by atoms with van der Waals surface area (Å²) in [7, 11) is 0. The van der Waals surface area contributed by atoms with Crippen molar-refractivity contribution in [2.75, 3.05) is 30.0 Å². The van der Waals surface area contributed by atoms with E-state index in [4.69, 9.17) is 14.5 Å². The van der Waals surface area contributed by atoms with Gasteiger partial charge in [0.15, 0.2) is 5.13 Å². The summed E-state index contributed by atoms with van der Waals surface area (Å²) in [6.45, 7) is 2.91. The maximum atomic E-state index is 13.0. The van der Waals surface area contributed by atoms with E-state index < -0.39 is 0 Å². The summed E-state index contributed by atoms with van der Waals surface area (Å²) in [4.78, 5) is 24.3. The van der Waals surface area contributed by atoms with Gasteiger partial charge < -0.3 is 18.9 Å². The Morgan fingerprint density at radius 1 is 1.14 bits per heavy atom. The monoisotopic (exact) mass is 501 g/mol. The maximum absolute atomic E-state index is 13.0. The Balaban J connectivity index is 1.12. The predicted molar refractivity (Wildman–Crippen MR) is 139 cm³/mol. The van der Waals surface area contributed by atoms with E-state index in [1.165, 1.54) is 11.3 Å². The Labute approximate surface area is 213 Å². The minimum absolute atomic E-state index is 0.161. The zero-order valence-corrected chi connectivity index (χ0v) is 20.6. The van der Waals surface area contributed by atoms with Crippen molar-refractivity contribution in [1.82, 2.24) is 14.5 Å². The molecule has 2 aliphatic rings. The van der Waals surface area contributed by atoms with Crippen molar-refractivity contribution in [3.8, 4) is 5.75 Å². The molecule has 8 nitrogen and oxygen atoms in total. The number of hydrogen-bond acceptors (Lipinski definition) is 7. The Kier molecular flexibility index (Phi) is 6.40. The highest BCUT2D eigenvalue weighted by Gasteiger charge is 2.29. The molecule has 1 N–H and O–H groups in total. The zero-order valence-electron chi connectivity index (χ0n) is 19.7. The van der Waals surface area contributed by atoms with Gasteiger partial charge in [-0.2, -0.15) is 0 Å². The molecule has 36 heavy (non-hydrogen) atoms. The van der Waals surface area contributed by atoms with Crippen molar-refractivity contribution in [2.45, 2.75) is 31.5 Å². The van der Waals surface area contributed by atoms with Gasteiger partial charge >= 0.3 is 0 Å². The van der Waals surface area contributed by atoms with Crippen LogP contribution in [-0.4, -0.2) is 46.3 Å². The van der Waals surface area contributed by atoms with Gasteiger partial charge in [-0.1, -0.05) is 0 Å². The van der Waals surface area contributed by atoms with Crippen LogP contribution < -0.4 is 15.0 Å². The number of rotatable bonds is 8. The van der Waals surface area contributed by atoms with E-state index >= 15 is 0 Å². The molecule has 184 valence electrons. The molecule has 5 heterocycles. The molecule has 9 heteroatoms. The van der Waals surface area contributed by atoms with Gasteiger partial charge in [-0.25, -0.2) is 4.98 Å². The van der Waals surface area contributed by atoms with Crippen LogP contribution in [0.15, 0.2) is 72.5 Å². The van der Waals surface area contributed by atoms with Crippen molar-refractivity contribution >= 4 is 28.1 Å². The van der Waals surface area contributed by atoms with Gasteiger partial charge in [0.1, 0.15) is 17.5 Å². The van der Waals surface area contributed by atoms with Crippen molar-refractivity contribution < 1.29 is 14.3 Å². The second kappa shape index (κ2) is 10.1. The van der Waals surface area contributed by atoms with Crippen LogP contribution in [0.2, 0.25) is 0 Å². The van der Waals surface area contributed by atoms with Crippen LogP contribution in [0.5, 0.6) is 5.75 Å². The molecule has 6 rings (SSSR count). The van der Waals surface area contributed by atoms with Gasteiger partial charge in [-0.3, -0.25) is 15.1 Å². The van der Waals surface area contributed by atoms with E-state index in [-0.39, 0.29) is 18.1 Å². The van der Waals surface area contributed by atoms with Crippen LogP contribution in [0.4, 0.5) is 10.8 Å². The molecule has 0 unspecified atom stereocenters. The van der Waals surface area contributed by atoms with Crippen LogP contribution in [-0.2, 0) is 11.3 Å². The quantitative estimate of drug-likeness (QED) is 0.375. The van der Waals surface area contributed by atoms with Crippen molar-refractivity contribution in [3.05, 3.63) is 89.5 Å². The van der Waals surface area contributed by atoms with E-state index in [1.54, 1.807) is 12.4 Å². The van der Waals surface area contributed by atoms with Gasteiger partial charge in [-0.15, -0.1) is 11.3 Å². The lowest BCUT2D eigenvalue weighted by molar-refractivity contribution is -0.0796. The fourth-order valence-electron chi connectivity index (χ4n) is 4.67. The summed E-state index contributed by atoms with van der Waals surface area (Å²) in [5.41, 5.74) is 3.83. The highest BCUT2D eigenvalue weighted by molar-refractivity contribution is 7.14. The molecule has 0 spiro atoms. The predicted octanol–water partition coefficient (Wildman–Crippen LogP) is 4.76. The first-order valence-electron chi connectivity index (χ1n) is 12.1. The molecule has 0 radical (unpaired) electrons. The Hall–Kier alpha value is -3.69. The largest absolute Gasteiger partial charge is 0.486 e. The number of carbonyl (C=O) groups is 1. The van der Waals surface area contributed by atoms with E-state index in [9.17, 15) is 4.79 Å². The molecule has 2 fully saturated rings. The van der Waals surface area contributed by atoms with E-state index in [0.29, 0.717) is 30.6 Å².